The number of nitrogens with one attached hydrogen (secondary N) is 1. The van der Waals surface area contributed by atoms with Crippen molar-refractivity contribution in [2.24, 2.45) is 0 Å². The van der Waals surface area contributed by atoms with E-state index in [1.807, 2.05) is 32.0 Å². The Hall–Kier alpha value is -1.94. The number of nitrogen functional groups attached to an aromatic ring is 1. The molecule has 0 amide bonds. The maximum absolute atomic E-state index is 14.0. The van der Waals surface area contributed by atoms with Crippen LogP contribution in [0.3, 0.4) is 0 Å². The van der Waals surface area contributed by atoms with E-state index < -0.39 is 0 Å². The summed E-state index contributed by atoms with van der Waals surface area (Å²) in [4.78, 5) is 3.98. The van der Waals surface area contributed by atoms with E-state index in [1.54, 1.807) is 12.3 Å². The molecule has 1 unspecified atom stereocenters. The maximum Gasteiger partial charge on any atom is 0.128 e. The lowest BCUT2D eigenvalue weighted by Crippen LogP contribution is -2.24. The number of benzene rings is 1. The van der Waals surface area contributed by atoms with Crippen molar-refractivity contribution in [3.8, 4) is 0 Å². The van der Waals surface area contributed by atoms with Gasteiger partial charge in [-0.25, -0.2) is 9.37 Å². The lowest BCUT2D eigenvalue weighted by atomic mass is 9.97. The van der Waals surface area contributed by atoms with Crippen LogP contribution in [0.1, 0.15) is 29.7 Å². The molecule has 0 aliphatic heterocycles. The Kier molecular flexibility index (Phi) is 4.69. The number of nitrogens with zero attached hydrogens (tertiary/aromatic N) is 1. The quantitative estimate of drug-likeness (QED) is 0.880. The van der Waals surface area contributed by atoms with Gasteiger partial charge in [-0.3, -0.25) is 0 Å². The van der Waals surface area contributed by atoms with Gasteiger partial charge in [-0.1, -0.05) is 24.6 Å². The van der Waals surface area contributed by atoms with E-state index in [-0.39, 0.29) is 11.9 Å². The fourth-order valence-corrected chi connectivity index (χ4v) is 2.33. The normalized spacial score (nSPS) is 12.3. The van der Waals surface area contributed by atoms with E-state index in [0.717, 1.165) is 17.7 Å². The van der Waals surface area contributed by atoms with Gasteiger partial charge in [0.2, 0.25) is 0 Å². The van der Waals surface area contributed by atoms with Crippen molar-refractivity contribution in [1.82, 2.24) is 10.3 Å². The summed E-state index contributed by atoms with van der Waals surface area (Å²) < 4.78 is 14.0. The molecule has 0 saturated carbocycles. The Morgan fingerprint density at radius 1 is 1.30 bits per heavy atom. The van der Waals surface area contributed by atoms with Crippen LogP contribution in [0.2, 0.25) is 0 Å². The summed E-state index contributed by atoms with van der Waals surface area (Å²) in [6.07, 6.45) is 2.36. The van der Waals surface area contributed by atoms with Crippen LogP contribution in [-0.2, 0) is 6.42 Å². The highest BCUT2D eigenvalue weighted by molar-refractivity contribution is 5.34. The first kappa shape index (κ1) is 14.5. The average molecular weight is 273 g/mol. The summed E-state index contributed by atoms with van der Waals surface area (Å²) in [7, 11) is 0. The standard InChI is InChI=1S/C16H20FN3/c1-3-19-15(9-12-6-7-20-16(18)10-12)13-8-11(2)4-5-14(13)17/h4-8,10,15,19H,3,9H2,1-2H3,(H2,18,20). The summed E-state index contributed by atoms with van der Waals surface area (Å²) in [5.74, 6) is 0.311. The third kappa shape index (κ3) is 3.54. The van der Waals surface area contributed by atoms with Gasteiger partial charge >= 0.3 is 0 Å². The number of halogens is 1. The van der Waals surface area contributed by atoms with Crippen molar-refractivity contribution in [3.05, 3.63) is 59.0 Å². The van der Waals surface area contributed by atoms with Crippen LogP contribution >= 0.6 is 0 Å². The van der Waals surface area contributed by atoms with E-state index in [9.17, 15) is 4.39 Å². The Bertz CT molecular complexity index is 584. The summed E-state index contributed by atoms with van der Waals surface area (Å²) >= 11 is 0. The van der Waals surface area contributed by atoms with Gasteiger partial charge in [-0.05, 0) is 43.7 Å². The smallest absolute Gasteiger partial charge is 0.128 e. The van der Waals surface area contributed by atoms with Gasteiger partial charge in [0.05, 0.1) is 0 Å². The van der Waals surface area contributed by atoms with Crippen molar-refractivity contribution in [3.63, 3.8) is 0 Å². The molecule has 3 nitrogen and oxygen atoms in total. The largest absolute Gasteiger partial charge is 0.384 e. The predicted molar refractivity (Wildman–Crippen MR) is 79.9 cm³/mol. The molecule has 1 aromatic carbocycles. The number of hydrogen-bond acceptors (Lipinski definition) is 3. The lowest BCUT2D eigenvalue weighted by Gasteiger charge is -2.20. The van der Waals surface area contributed by atoms with E-state index in [1.165, 1.54) is 6.07 Å². The van der Waals surface area contributed by atoms with Crippen molar-refractivity contribution in [2.75, 3.05) is 12.3 Å². The second-order valence-corrected chi connectivity index (χ2v) is 4.93. The van der Waals surface area contributed by atoms with Crippen LogP contribution in [0, 0.1) is 12.7 Å². The van der Waals surface area contributed by atoms with Gasteiger partial charge in [0, 0.05) is 17.8 Å². The fourth-order valence-electron chi connectivity index (χ4n) is 2.33. The first-order chi connectivity index (χ1) is 9.60. The Balaban J connectivity index is 2.29. The van der Waals surface area contributed by atoms with Crippen molar-refractivity contribution < 1.29 is 4.39 Å². The number of anilines is 1. The third-order valence-electron chi connectivity index (χ3n) is 3.26. The monoisotopic (exact) mass is 273 g/mol. The molecule has 4 heteroatoms. The zero-order valence-electron chi connectivity index (χ0n) is 11.9. The summed E-state index contributed by atoms with van der Waals surface area (Å²) in [6, 6.07) is 8.88. The molecule has 2 rings (SSSR count). The molecular formula is C16H20FN3. The molecule has 0 aliphatic rings. The number of aromatic nitrogens is 1. The average Bonchev–Trinajstić information content (AvgIpc) is 2.41. The molecule has 0 saturated heterocycles. The van der Waals surface area contributed by atoms with Crippen LogP contribution in [0.4, 0.5) is 10.2 Å². The molecule has 1 heterocycles. The molecule has 20 heavy (non-hydrogen) atoms. The second kappa shape index (κ2) is 6.48. The Morgan fingerprint density at radius 3 is 2.80 bits per heavy atom. The van der Waals surface area contributed by atoms with Gasteiger partial charge in [-0.2, -0.15) is 0 Å². The van der Waals surface area contributed by atoms with Crippen molar-refractivity contribution >= 4 is 5.82 Å². The lowest BCUT2D eigenvalue weighted by molar-refractivity contribution is 0.509. The Morgan fingerprint density at radius 2 is 2.10 bits per heavy atom. The van der Waals surface area contributed by atoms with Gasteiger partial charge in [0.15, 0.2) is 0 Å². The van der Waals surface area contributed by atoms with Crippen molar-refractivity contribution in [1.29, 1.82) is 0 Å². The number of pyridine rings is 1. The van der Waals surface area contributed by atoms with Crippen LogP contribution < -0.4 is 11.1 Å². The van der Waals surface area contributed by atoms with E-state index >= 15 is 0 Å². The van der Waals surface area contributed by atoms with Crippen LogP contribution in [-0.4, -0.2) is 11.5 Å². The first-order valence-corrected chi connectivity index (χ1v) is 6.80. The topological polar surface area (TPSA) is 50.9 Å². The number of aryl methyl sites for hydroxylation is 1. The molecule has 0 aliphatic carbocycles. The zero-order chi connectivity index (χ0) is 14.5. The zero-order valence-corrected chi connectivity index (χ0v) is 11.9. The first-order valence-electron chi connectivity index (χ1n) is 6.80. The summed E-state index contributed by atoms with van der Waals surface area (Å²) in [6.45, 7) is 4.76. The fraction of sp³-hybridized carbons (Fsp3) is 0.312. The van der Waals surface area contributed by atoms with E-state index in [4.69, 9.17) is 5.73 Å². The SMILES string of the molecule is CCNC(Cc1ccnc(N)c1)c1cc(C)ccc1F. The molecule has 0 radical (unpaired) electrons. The predicted octanol–water partition coefficient (Wildman–Crippen LogP) is 3.00. The number of nitrogens with two attached hydrogens (primary N) is 1. The van der Waals surface area contributed by atoms with Gasteiger partial charge < -0.3 is 11.1 Å². The highest BCUT2D eigenvalue weighted by Gasteiger charge is 2.15. The molecule has 1 atom stereocenters. The highest BCUT2D eigenvalue weighted by Crippen LogP contribution is 2.23. The Labute approximate surface area is 119 Å². The molecule has 1 aromatic heterocycles. The third-order valence-corrected chi connectivity index (χ3v) is 3.26. The van der Waals surface area contributed by atoms with Gasteiger partial charge in [0.25, 0.3) is 0 Å². The van der Waals surface area contributed by atoms with E-state index in [0.29, 0.717) is 17.8 Å². The number of hydrogen-bond donors (Lipinski definition) is 2. The minimum Gasteiger partial charge on any atom is -0.384 e. The molecule has 0 spiro atoms. The summed E-state index contributed by atoms with van der Waals surface area (Å²) in [5.41, 5.74) is 8.49. The highest BCUT2D eigenvalue weighted by atomic mass is 19.1. The van der Waals surface area contributed by atoms with Crippen LogP contribution in [0.15, 0.2) is 36.5 Å². The molecule has 106 valence electrons. The maximum atomic E-state index is 14.0. The molecule has 0 bridgehead atoms. The van der Waals surface area contributed by atoms with Gasteiger partial charge in [-0.15, -0.1) is 0 Å². The van der Waals surface area contributed by atoms with Crippen LogP contribution in [0.5, 0.6) is 0 Å². The van der Waals surface area contributed by atoms with Gasteiger partial charge in [0.1, 0.15) is 11.6 Å². The molecule has 2 aromatic rings. The minimum absolute atomic E-state index is 0.0679. The van der Waals surface area contributed by atoms with Crippen molar-refractivity contribution in [2.45, 2.75) is 26.3 Å². The number of likely N-dealkylation sites (N-methyl/N-ethyl adjacent to an activating group) is 1. The molecule has 3 N–H and O–H groups in total. The summed E-state index contributed by atoms with van der Waals surface area (Å²) in [5, 5.41) is 3.33. The van der Waals surface area contributed by atoms with Crippen LogP contribution in [0.25, 0.3) is 0 Å². The van der Waals surface area contributed by atoms with E-state index in [2.05, 4.69) is 10.3 Å². The number of rotatable bonds is 5. The minimum atomic E-state index is -0.177. The second-order valence-electron chi connectivity index (χ2n) is 4.93. The molecular weight excluding hydrogens is 253 g/mol. The molecule has 0 fully saturated rings.